The van der Waals surface area contributed by atoms with Gasteiger partial charge in [-0.2, -0.15) is 9.78 Å². The molecular formula is C28H35N3O5S. The van der Waals surface area contributed by atoms with Crippen LogP contribution in [0.2, 0.25) is 0 Å². The third kappa shape index (κ3) is 6.04. The number of nitrogens with zero attached hydrogens (tertiary/aromatic N) is 2. The van der Waals surface area contributed by atoms with E-state index >= 15 is 0 Å². The number of hydrogen-bond acceptors (Lipinski definition) is 7. The highest BCUT2D eigenvalue weighted by atomic mass is 32.1. The minimum Gasteiger partial charge on any atom is -0.494 e. The van der Waals surface area contributed by atoms with Gasteiger partial charge in [-0.05, 0) is 69.7 Å². The molecule has 9 heteroatoms. The van der Waals surface area contributed by atoms with Gasteiger partial charge in [-0.1, -0.05) is 26.2 Å². The molecule has 1 amide bonds. The molecule has 2 heterocycles. The molecule has 198 valence electrons. The maximum absolute atomic E-state index is 13.6. The van der Waals surface area contributed by atoms with E-state index in [0.29, 0.717) is 34.3 Å². The Hall–Kier alpha value is -3.20. The van der Waals surface area contributed by atoms with Crippen LogP contribution in [0, 0.1) is 11.8 Å². The number of anilines is 1. The molecule has 0 spiro atoms. The summed E-state index contributed by atoms with van der Waals surface area (Å²) in [6, 6.07) is 6.91. The summed E-state index contributed by atoms with van der Waals surface area (Å²) in [5.41, 5.74) is 0.111. The lowest BCUT2D eigenvalue weighted by Crippen LogP contribution is -2.28. The number of carbonyl (C=O) groups excluding carboxylic acids is 2. The van der Waals surface area contributed by atoms with E-state index in [1.165, 1.54) is 35.3 Å². The number of fused-ring (bicyclic) bond motifs is 1. The van der Waals surface area contributed by atoms with E-state index < -0.39 is 11.5 Å². The fourth-order valence-electron chi connectivity index (χ4n) is 4.94. The van der Waals surface area contributed by atoms with Gasteiger partial charge >= 0.3 is 5.97 Å². The molecule has 1 aromatic carbocycles. The second kappa shape index (κ2) is 12.4. The Bertz CT molecular complexity index is 1290. The van der Waals surface area contributed by atoms with E-state index in [-0.39, 0.29) is 29.5 Å². The van der Waals surface area contributed by atoms with Crippen molar-refractivity contribution < 1.29 is 19.1 Å². The van der Waals surface area contributed by atoms with E-state index in [4.69, 9.17) is 9.47 Å². The van der Waals surface area contributed by atoms with Gasteiger partial charge in [0.25, 0.3) is 5.56 Å². The number of benzene rings is 1. The summed E-state index contributed by atoms with van der Waals surface area (Å²) in [6.45, 7) is 6.52. The minimum absolute atomic E-state index is 0.0403. The van der Waals surface area contributed by atoms with Crippen LogP contribution in [-0.2, 0) is 9.53 Å². The maximum atomic E-state index is 13.6. The first-order valence-electron chi connectivity index (χ1n) is 13.2. The summed E-state index contributed by atoms with van der Waals surface area (Å²) in [6.07, 6.45) is 7.50. The van der Waals surface area contributed by atoms with Gasteiger partial charge in [-0.3, -0.25) is 9.59 Å². The lowest BCUT2D eigenvalue weighted by Gasteiger charge is -2.27. The molecule has 0 aliphatic heterocycles. The van der Waals surface area contributed by atoms with E-state index in [1.807, 2.05) is 6.92 Å². The van der Waals surface area contributed by atoms with Crippen LogP contribution in [0.15, 0.2) is 34.4 Å². The molecule has 37 heavy (non-hydrogen) atoms. The van der Waals surface area contributed by atoms with E-state index in [9.17, 15) is 14.4 Å². The third-order valence-corrected chi connectivity index (χ3v) is 7.83. The predicted octanol–water partition coefficient (Wildman–Crippen LogP) is 5.96. The van der Waals surface area contributed by atoms with Gasteiger partial charge in [0, 0.05) is 16.7 Å². The Labute approximate surface area is 221 Å². The molecule has 0 unspecified atom stereocenters. The van der Waals surface area contributed by atoms with E-state index in [0.717, 1.165) is 25.7 Å². The normalized spacial score (nSPS) is 17.5. The van der Waals surface area contributed by atoms with E-state index in [2.05, 4.69) is 17.3 Å². The predicted molar refractivity (Wildman–Crippen MR) is 146 cm³/mol. The molecule has 0 saturated heterocycles. The van der Waals surface area contributed by atoms with Crippen molar-refractivity contribution in [1.29, 1.82) is 0 Å². The molecule has 1 aliphatic carbocycles. The molecule has 1 aliphatic rings. The zero-order valence-electron chi connectivity index (χ0n) is 21.7. The average molecular weight is 526 g/mol. The topological polar surface area (TPSA) is 99.5 Å². The van der Waals surface area contributed by atoms with Crippen molar-refractivity contribution in [3.63, 3.8) is 0 Å². The smallest absolute Gasteiger partial charge is 0.359 e. The fourth-order valence-corrected chi connectivity index (χ4v) is 5.88. The molecule has 0 radical (unpaired) electrons. The van der Waals surface area contributed by atoms with Gasteiger partial charge in [-0.15, -0.1) is 11.3 Å². The Morgan fingerprint density at radius 1 is 1.08 bits per heavy atom. The van der Waals surface area contributed by atoms with Gasteiger partial charge < -0.3 is 14.8 Å². The van der Waals surface area contributed by atoms with Crippen molar-refractivity contribution in [1.82, 2.24) is 9.78 Å². The van der Waals surface area contributed by atoms with Gasteiger partial charge in [0.2, 0.25) is 5.91 Å². The van der Waals surface area contributed by atoms with Crippen LogP contribution >= 0.6 is 11.3 Å². The summed E-state index contributed by atoms with van der Waals surface area (Å²) < 4.78 is 11.9. The molecule has 1 saturated carbocycles. The fraction of sp³-hybridized carbons (Fsp3) is 0.500. The highest BCUT2D eigenvalue weighted by molar-refractivity contribution is 7.16. The quantitative estimate of drug-likeness (QED) is 0.328. The van der Waals surface area contributed by atoms with Crippen LogP contribution in [0.3, 0.4) is 0 Å². The van der Waals surface area contributed by atoms with Gasteiger partial charge in [-0.25, -0.2) is 4.79 Å². The summed E-state index contributed by atoms with van der Waals surface area (Å²) >= 11 is 1.23. The summed E-state index contributed by atoms with van der Waals surface area (Å²) in [7, 11) is 0. The number of nitrogens with one attached hydrogen (secondary N) is 1. The number of hydrogen-bond donors (Lipinski definition) is 1. The number of thiophene rings is 1. The zero-order chi connectivity index (χ0) is 26.4. The lowest BCUT2D eigenvalue weighted by atomic mass is 9.79. The first-order chi connectivity index (χ1) is 18.0. The number of unbranched alkanes of at least 4 members (excludes halogenated alkanes) is 1. The van der Waals surface area contributed by atoms with Crippen molar-refractivity contribution in [3.05, 3.63) is 45.7 Å². The van der Waals surface area contributed by atoms with Gasteiger partial charge in [0.05, 0.1) is 24.3 Å². The molecule has 0 atom stereocenters. The largest absolute Gasteiger partial charge is 0.494 e. The van der Waals surface area contributed by atoms with Crippen molar-refractivity contribution in [3.8, 4) is 11.4 Å². The second-order valence-electron chi connectivity index (χ2n) is 9.42. The molecule has 4 rings (SSSR count). The van der Waals surface area contributed by atoms with Crippen molar-refractivity contribution in [2.24, 2.45) is 11.8 Å². The van der Waals surface area contributed by atoms with Crippen LogP contribution in [0.1, 0.15) is 76.2 Å². The Balaban J connectivity index is 1.66. The Morgan fingerprint density at radius 2 is 1.81 bits per heavy atom. The average Bonchev–Trinajstić information content (AvgIpc) is 3.33. The molecule has 8 nitrogen and oxygen atoms in total. The van der Waals surface area contributed by atoms with E-state index in [1.54, 1.807) is 36.6 Å². The summed E-state index contributed by atoms with van der Waals surface area (Å²) in [4.78, 5) is 39.6. The number of carbonyl (C=O) groups is 2. The molecule has 3 aromatic rings. The summed E-state index contributed by atoms with van der Waals surface area (Å²) in [5.74, 6) is 0.604. The van der Waals surface area contributed by atoms with Gasteiger partial charge in [0.1, 0.15) is 10.8 Å². The maximum Gasteiger partial charge on any atom is 0.359 e. The number of amides is 1. The van der Waals surface area contributed by atoms with Crippen molar-refractivity contribution in [2.45, 2.75) is 65.7 Å². The van der Waals surface area contributed by atoms with Gasteiger partial charge in [0.15, 0.2) is 5.69 Å². The molecule has 2 aromatic heterocycles. The van der Waals surface area contributed by atoms with Crippen LogP contribution in [-0.4, -0.2) is 34.9 Å². The molecule has 1 fully saturated rings. The highest BCUT2D eigenvalue weighted by Crippen LogP contribution is 2.35. The lowest BCUT2D eigenvalue weighted by molar-refractivity contribution is -0.121. The van der Waals surface area contributed by atoms with Crippen molar-refractivity contribution >= 4 is 39.0 Å². The SMILES string of the molecule is CCCCC1CCC(C(=O)Nc2scc3c(C(=O)OCC)nn(-c4ccc(OCC)cc4)c(=O)c23)CC1. The summed E-state index contributed by atoms with van der Waals surface area (Å²) in [5, 5.41) is 10.1. The molecular weight excluding hydrogens is 490 g/mol. The standard InChI is InChI=1S/C28H35N3O5S/c1-4-7-8-18-9-11-19(12-10-18)25(32)29-26-23-22(17-37-26)24(28(34)36-6-3)30-31(27(23)33)20-13-15-21(16-14-20)35-5-2/h13-19H,4-12H2,1-3H3,(H,29,32). The number of esters is 1. The van der Waals surface area contributed by atoms with Crippen LogP contribution < -0.4 is 15.6 Å². The van der Waals surface area contributed by atoms with Crippen molar-refractivity contribution in [2.75, 3.05) is 18.5 Å². The van der Waals surface area contributed by atoms with Crippen LogP contribution in [0.25, 0.3) is 16.5 Å². The molecule has 0 bridgehead atoms. The Morgan fingerprint density at radius 3 is 2.46 bits per heavy atom. The minimum atomic E-state index is -0.617. The third-order valence-electron chi connectivity index (χ3n) is 6.93. The first-order valence-corrected chi connectivity index (χ1v) is 14.1. The number of rotatable bonds is 10. The van der Waals surface area contributed by atoms with Crippen LogP contribution in [0.5, 0.6) is 5.75 Å². The van der Waals surface area contributed by atoms with Crippen LogP contribution in [0.4, 0.5) is 5.00 Å². The first kappa shape index (κ1) is 26.9. The number of aromatic nitrogens is 2. The number of ether oxygens (including phenoxy) is 2. The Kier molecular flexibility index (Phi) is 8.97. The highest BCUT2D eigenvalue weighted by Gasteiger charge is 2.28. The second-order valence-corrected chi connectivity index (χ2v) is 10.3. The monoisotopic (exact) mass is 525 g/mol. The molecule has 1 N–H and O–H groups in total. The zero-order valence-corrected chi connectivity index (χ0v) is 22.6.